The number of ether oxygens (including phenoxy) is 1. The van der Waals surface area contributed by atoms with Crippen LogP contribution in [0.5, 0.6) is 0 Å². The van der Waals surface area contributed by atoms with Crippen LogP contribution in [0.1, 0.15) is 12.6 Å². The van der Waals surface area contributed by atoms with Crippen LogP contribution >= 0.6 is 0 Å². The average molecular weight is 240 g/mol. The molecule has 0 radical (unpaired) electrons. The fraction of sp³-hybridized carbons (Fsp3) is 0.636. The number of nitrogens with zero attached hydrogens (tertiary/aromatic N) is 2. The van der Waals surface area contributed by atoms with Gasteiger partial charge in [-0.1, -0.05) is 0 Å². The zero-order chi connectivity index (χ0) is 12.7. The summed E-state index contributed by atoms with van der Waals surface area (Å²) in [6.07, 6.45) is 4.22. The number of nitrogens with two attached hydrogens (primary N) is 1. The fourth-order valence-corrected chi connectivity index (χ4v) is 1.55. The number of aromatic nitrogens is 2. The van der Waals surface area contributed by atoms with Gasteiger partial charge in [-0.05, 0) is 13.5 Å². The summed E-state index contributed by atoms with van der Waals surface area (Å²) in [5.74, 6) is -0.0498. The molecular weight excluding hydrogens is 220 g/mol. The van der Waals surface area contributed by atoms with Crippen molar-refractivity contribution in [3.05, 3.63) is 18.2 Å². The van der Waals surface area contributed by atoms with Crippen LogP contribution in [0.2, 0.25) is 0 Å². The predicted molar refractivity (Wildman–Crippen MR) is 64.5 cm³/mol. The molecule has 0 aliphatic heterocycles. The molecule has 1 rings (SSSR count). The van der Waals surface area contributed by atoms with Crippen LogP contribution in [0.4, 0.5) is 0 Å². The van der Waals surface area contributed by atoms with Gasteiger partial charge in [-0.3, -0.25) is 4.79 Å². The van der Waals surface area contributed by atoms with Crippen molar-refractivity contribution in [2.45, 2.75) is 25.9 Å². The zero-order valence-corrected chi connectivity index (χ0v) is 10.3. The summed E-state index contributed by atoms with van der Waals surface area (Å²) >= 11 is 0. The molecule has 1 aromatic heterocycles. The third-order valence-corrected chi connectivity index (χ3v) is 2.24. The summed E-state index contributed by atoms with van der Waals surface area (Å²) < 4.78 is 6.69. The maximum Gasteiger partial charge on any atom is 0.240 e. The van der Waals surface area contributed by atoms with E-state index in [9.17, 15) is 4.79 Å². The van der Waals surface area contributed by atoms with Gasteiger partial charge in [-0.2, -0.15) is 0 Å². The van der Waals surface area contributed by atoms with E-state index < -0.39 is 0 Å². The molecule has 1 amide bonds. The number of carbonyl (C=O) groups excluding carboxylic acids is 1. The van der Waals surface area contributed by atoms with Crippen molar-refractivity contribution in [1.82, 2.24) is 14.9 Å². The maximum absolute atomic E-state index is 11.6. The molecular formula is C11H20N4O2. The van der Waals surface area contributed by atoms with Crippen LogP contribution in [0.3, 0.4) is 0 Å². The van der Waals surface area contributed by atoms with Gasteiger partial charge < -0.3 is 20.4 Å². The number of carbonyl (C=O) groups is 1. The quantitative estimate of drug-likeness (QED) is 0.675. The van der Waals surface area contributed by atoms with Crippen LogP contribution in [0.25, 0.3) is 0 Å². The van der Waals surface area contributed by atoms with E-state index in [4.69, 9.17) is 10.5 Å². The Bertz CT molecular complexity index is 351. The minimum absolute atomic E-state index is 0.0135. The van der Waals surface area contributed by atoms with Crippen LogP contribution in [-0.4, -0.2) is 41.8 Å². The third kappa shape index (κ3) is 4.97. The largest absolute Gasteiger partial charge is 0.383 e. The van der Waals surface area contributed by atoms with Crippen molar-refractivity contribution < 1.29 is 9.53 Å². The summed E-state index contributed by atoms with van der Waals surface area (Å²) in [5, 5.41) is 2.83. The molecule has 0 saturated carbocycles. The Balaban J connectivity index is 2.39. The van der Waals surface area contributed by atoms with Crippen molar-refractivity contribution >= 4 is 5.91 Å². The van der Waals surface area contributed by atoms with E-state index in [0.29, 0.717) is 13.2 Å². The smallest absolute Gasteiger partial charge is 0.240 e. The van der Waals surface area contributed by atoms with E-state index >= 15 is 0 Å². The van der Waals surface area contributed by atoms with Gasteiger partial charge >= 0.3 is 0 Å². The number of amides is 1. The van der Waals surface area contributed by atoms with Crippen LogP contribution < -0.4 is 11.1 Å². The number of hydrogen-bond donors (Lipinski definition) is 2. The zero-order valence-electron chi connectivity index (χ0n) is 10.3. The average Bonchev–Trinajstić information content (AvgIpc) is 2.66. The Morgan fingerprint density at radius 3 is 3.12 bits per heavy atom. The highest BCUT2D eigenvalue weighted by molar-refractivity contribution is 5.76. The second kappa shape index (κ2) is 7.03. The minimum Gasteiger partial charge on any atom is -0.383 e. The van der Waals surface area contributed by atoms with Gasteiger partial charge in [-0.25, -0.2) is 4.98 Å². The molecule has 6 heteroatoms. The molecule has 96 valence electrons. The van der Waals surface area contributed by atoms with Gasteiger partial charge in [0.05, 0.1) is 18.6 Å². The molecule has 0 saturated heterocycles. The van der Waals surface area contributed by atoms with Crippen LogP contribution in [-0.2, 0) is 22.5 Å². The number of methoxy groups -OCH3 is 1. The number of nitrogens with one attached hydrogen (secondary N) is 1. The lowest BCUT2D eigenvalue weighted by Gasteiger charge is -2.12. The highest BCUT2D eigenvalue weighted by Crippen LogP contribution is 1.96. The predicted octanol–water partition coefficient (Wildman–Crippen LogP) is -0.465. The molecule has 1 atom stereocenters. The topological polar surface area (TPSA) is 82.2 Å². The highest BCUT2D eigenvalue weighted by Gasteiger charge is 2.08. The van der Waals surface area contributed by atoms with Gasteiger partial charge in [0, 0.05) is 25.8 Å². The van der Waals surface area contributed by atoms with E-state index in [2.05, 4.69) is 10.3 Å². The molecule has 0 fully saturated rings. The summed E-state index contributed by atoms with van der Waals surface area (Å²) in [6, 6.07) is 0.0135. The van der Waals surface area contributed by atoms with E-state index in [1.54, 1.807) is 18.0 Å². The van der Waals surface area contributed by atoms with Gasteiger partial charge in [0.15, 0.2) is 0 Å². The molecule has 0 aromatic carbocycles. The fourth-order valence-electron chi connectivity index (χ4n) is 1.55. The minimum atomic E-state index is -0.0498. The Morgan fingerprint density at radius 2 is 2.47 bits per heavy atom. The second-order valence-corrected chi connectivity index (χ2v) is 4.00. The lowest BCUT2D eigenvalue weighted by molar-refractivity contribution is -0.122. The van der Waals surface area contributed by atoms with Crippen molar-refractivity contribution in [3.8, 4) is 0 Å². The van der Waals surface area contributed by atoms with Crippen molar-refractivity contribution in [2.75, 3.05) is 20.3 Å². The SMILES string of the molecule is COCC(C)NC(=O)Cn1cnc(CCN)c1. The lowest BCUT2D eigenvalue weighted by Crippen LogP contribution is -2.37. The summed E-state index contributed by atoms with van der Waals surface area (Å²) in [5.41, 5.74) is 6.34. The molecule has 0 aliphatic carbocycles. The highest BCUT2D eigenvalue weighted by atomic mass is 16.5. The monoisotopic (exact) mass is 240 g/mol. The summed E-state index contributed by atoms with van der Waals surface area (Å²) in [4.78, 5) is 15.8. The summed E-state index contributed by atoms with van der Waals surface area (Å²) in [6.45, 7) is 3.24. The lowest BCUT2D eigenvalue weighted by atomic mass is 10.3. The first-order valence-electron chi connectivity index (χ1n) is 5.64. The first kappa shape index (κ1) is 13.7. The van der Waals surface area contributed by atoms with E-state index in [0.717, 1.165) is 12.1 Å². The molecule has 1 aromatic rings. The van der Waals surface area contributed by atoms with Gasteiger partial charge in [-0.15, -0.1) is 0 Å². The Kier molecular flexibility index (Phi) is 5.65. The van der Waals surface area contributed by atoms with Gasteiger partial charge in [0.25, 0.3) is 0 Å². The first-order chi connectivity index (χ1) is 8.15. The molecule has 1 unspecified atom stereocenters. The van der Waals surface area contributed by atoms with Crippen molar-refractivity contribution in [2.24, 2.45) is 5.73 Å². The van der Waals surface area contributed by atoms with Gasteiger partial charge in [0.1, 0.15) is 6.54 Å². The van der Waals surface area contributed by atoms with Gasteiger partial charge in [0.2, 0.25) is 5.91 Å². The standard InChI is InChI=1S/C11H20N4O2/c1-9(7-17-2)14-11(16)6-15-5-10(3-4-12)13-8-15/h5,8-9H,3-4,6-7,12H2,1-2H3,(H,14,16). The first-order valence-corrected chi connectivity index (χ1v) is 5.64. The molecule has 6 nitrogen and oxygen atoms in total. The van der Waals surface area contributed by atoms with Crippen LogP contribution in [0.15, 0.2) is 12.5 Å². The van der Waals surface area contributed by atoms with E-state index in [-0.39, 0.29) is 18.5 Å². The third-order valence-electron chi connectivity index (χ3n) is 2.24. The summed E-state index contributed by atoms with van der Waals surface area (Å²) in [7, 11) is 1.61. The van der Waals surface area contributed by atoms with Crippen molar-refractivity contribution in [3.63, 3.8) is 0 Å². The van der Waals surface area contributed by atoms with Crippen molar-refractivity contribution in [1.29, 1.82) is 0 Å². The normalized spacial score (nSPS) is 12.4. The number of rotatable bonds is 7. The van der Waals surface area contributed by atoms with E-state index in [1.165, 1.54) is 0 Å². The maximum atomic E-state index is 11.6. The molecule has 0 aliphatic rings. The second-order valence-electron chi connectivity index (χ2n) is 4.00. The Morgan fingerprint density at radius 1 is 1.71 bits per heavy atom. The van der Waals surface area contributed by atoms with Crippen LogP contribution in [0, 0.1) is 0 Å². The van der Waals surface area contributed by atoms with E-state index in [1.807, 2.05) is 13.1 Å². The molecule has 0 bridgehead atoms. The molecule has 17 heavy (non-hydrogen) atoms. The Labute approximate surface area is 101 Å². The molecule has 0 spiro atoms. The number of imidazole rings is 1. The molecule has 3 N–H and O–H groups in total. The Hall–Kier alpha value is -1.40. The number of hydrogen-bond acceptors (Lipinski definition) is 4. The molecule has 1 heterocycles.